The van der Waals surface area contributed by atoms with Crippen LogP contribution in [-0.2, 0) is 16.0 Å². The van der Waals surface area contributed by atoms with Crippen molar-refractivity contribution in [1.82, 2.24) is 5.32 Å². The van der Waals surface area contributed by atoms with Crippen LogP contribution in [0.4, 0.5) is 0 Å². The first-order chi connectivity index (χ1) is 9.56. The number of methoxy groups -OCH3 is 1. The number of amides is 1. The highest BCUT2D eigenvalue weighted by Gasteiger charge is 2.13. The lowest BCUT2D eigenvalue weighted by atomic mass is 10.1. The molecule has 1 amide bonds. The van der Waals surface area contributed by atoms with Crippen LogP contribution in [0.3, 0.4) is 0 Å². The van der Waals surface area contributed by atoms with Crippen molar-refractivity contribution in [3.63, 3.8) is 0 Å². The van der Waals surface area contributed by atoms with Crippen LogP contribution in [0.25, 0.3) is 0 Å². The van der Waals surface area contributed by atoms with E-state index >= 15 is 0 Å². The van der Waals surface area contributed by atoms with E-state index in [4.69, 9.17) is 9.47 Å². The Bertz CT molecular complexity index is 403. The Balaban J connectivity index is 2.37. The monoisotopic (exact) mass is 279 g/mol. The molecule has 0 aromatic heterocycles. The Labute approximate surface area is 121 Å². The summed E-state index contributed by atoms with van der Waals surface area (Å²) < 4.78 is 10.6. The summed E-state index contributed by atoms with van der Waals surface area (Å²) in [5, 5.41) is 2.94. The summed E-state index contributed by atoms with van der Waals surface area (Å²) in [6.07, 6.45) is 1.23. The molecule has 0 bridgehead atoms. The maximum absolute atomic E-state index is 11.8. The molecule has 2 atom stereocenters. The van der Waals surface area contributed by atoms with Gasteiger partial charge in [-0.2, -0.15) is 0 Å². The number of aryl methyl sites for hydroxylation is 1. The third-order valence-electron chi connectivity index (χ3n) is 3.34. The molecule has 4 heteroatoms. The summed E-state index contributed by atoms with van der Waals surface area (Å²) in [6, 6.07) is 7.89. The largest absolute Gasteiger partial charge is 0.494 e. The zero-order valence-corrected chi connectivity index (χ0v) is 12.8. The van der Waals surface area contributed by atoms with Crippen LogP contribution in [-0.4, -0.2) is 31.8 Å². The van der Waals surface area contributed by atoms with Gasteiger partial charge >= 0.3 is 0 Å². The van der Waals surface area contributed by atoms with E-state index in [9.17, 15) is 4.79 Å². The highest BCUT2D eigenvalue weighted by molar-refractivity contribution is 5.76. The molecule has 0 radical (unpaired) electrons. The third kappa shape index (κ3) is 5.61. The van der Waals surface area contributed by atoms with Crippen LogP contribution in [0.5, 0.6) is 5.75 Å². The number of rotatable bonds is 8. The molecule has 0 saturated heterocycles. The molecule has 0 fully saturated rings. The first-order valence-corrected chi connectivity index (χ1v) is 7.10. The highest BCUT2D eigenvalue weighted by atomic mass is 16.5. The van der Waals surface area contributed by atoms with Gasteiger partial charge in [-0.15, -0.1) is 0 Å². The van der Waals surface area contributed by atoms with Gasteiger partial charge in [0.15, 0.2) is 0 Å². The Hall–Kier alpha value is -1.55. The van der Waals surface area contributed by atoms with Crippen LogP contribution >= 0.6 is 0 Å². The molecule has 4 nitrogen and oxygen atoms in total. The molecule has 112 valence electrons. The van der Waals surface area contributed by atoms with Gasteiger partial charge in [0, 0.05) is 13.5 Å². The molecule has 1 rings (SSSR count). The number of hydrogen-bond donors (Lipinski definition) is 1. The van der Waals surface area contributed by atoms with Crippen molar-refractivity contribution in [2.45, 2.75) is 45.8 Å². The van der Waals surface area contributed by atoms with Crippen molar-refractivity contribution in [3.05, 3.63) is 29.8 Å². The summed E-state index contributed by atoms with van der Waals surface area (Å²) in [6.45, 7) is 6.51. The quantitative estimate of drug-likeness (QED) is 0.795. The van der Waals surface area contributed by atoms with Gasteiger partial charge in [-0.25, -0.2) is 0 Å². The van der Waals surface area contributed by atoms with Gasteiger partial charge in [-0.1, -0.05) is 12.1 Å². The van der Waals surface area contributed by atoms with Crippen molar-refractivity contribution >= 4 is 5.91 Å². The smallest absolute Gasteiger partial charge is 0.220 e. The number of ether oxygens (including phenoxy) is 2. The molecule has 0 aliphatic carbocycles. The molecule has 0 heterocycles. The van der Waals surface area contributed by atoms with Crippen molar-refractivity contribution in [2.24, 2.45) is 0 Å². The molecule has 0 unspecified atom stereocenters. The van der Waals surface area contributed by atoms with Crippen molar-refractivity contribution in [3.8, 4) is 5.75 Å². The molecule has 0 aliphatic rings. The molecule has 0 saturated carbocycles. The second-order valence-electron chi connectivity index (χ2n) is 4.87. The Kier molecular flexibility index (Phi) is 7.09. The molecule has 1 N–H and O–H groups in total. The number of nitrogens with one attached hydrogen (secondary N) is 1. The number of carbonyl (C=O) groups is 1. The van der Waals surface area contributed by atoms with Gasteiger partial charge in [0.25, 0.3) is 0 Å². The maximum Gasteiger partial charge on any atom is 0.220 e. The van der Waals surface area contributed by atoms with Crippen molar-refractivity contribution in [2.75, 3.05) is 13.7 Å². The molecule has 20 heavy (non-hydrogen) atoms. The predicted octanol–water partition coefficient (Wildman–Crippen LogP) is 2.56. The normalized spacial score (nSPS) is 13.6. The lowest BCUT2D eigenvalue weighted by molar-refractivity contribution is -0.122. The highest BCUT2D eigenvalue weighted by Crippen LogP contribution is 2.13. The minimum atomic E-state index is 0.0180. The van der Waals surface area contributed by atoms with Crippen LogP contribution in [0.1, 0.15) is 32.8 Å². The van der Waals surface area contributed by atoms with Gasteiger partial charge in [0.05, 0.1) is 18.8 Å². The van der Waals surface area contributed by atoms with E-state index in [-0.39, 0.29) is 18.1 Å². The van der Waals surface area contributed by atoms with E-state index in [2.05, 4.69) is 5.32 Å². The van der Waals surface area contributed by atoms with Gasteiger partial charge in [-0.05, 0) is 44.9 Å². The summed E-state index contributed by atoms with van der Waals surface area (Å²) in [4.78, 5) is 11.8. The zero-order valence-electron chi connectivity index (χ0n) is 12.8. The van der Waals surface area contributed by atoms with Gasteiger partial charge < -0.3 is 14.8 Å². The Morgan fingerprint density at radius 3 is 2.45 bits per heavy atom. The van der Waals surface area contributed by atoms with E-state index in [1.165, 1.54) is 0 Å². The van der Waals surface area contributed by atoms with E-state index in [1.54, 1.807) is 7.11 Å². The minimum Gasteiger partial charge on any atom is -0.494 e. The molecule has 1 aromatic rings. The molecule has 1 aromatic carbocycles. The number of benzene rings is 1. The average Bonchev–Trinajstić information content (AvgIpc) is 2.46. The van der Waals surface area contributed by atoms with Crippen LogP contribution < -0.4 is 10.1 Å². The molecular formula is C16H25NO3. The third-order valence-corrected chi connectivity index (χ3v) is 3.34. The second kappa shape index (κ2) is 8.59. The van der Waals surface area contributed by atoms with E-state index in [0.717, 1.165) is 17.7 Å². The van der Waals surface area contributed by atoms with E-state index in [1.807, 2.05) is 45.0 Å². The van der Waals surface area contributed by atoms with E-state index in [0.29, 0.717) is 13.0 Å². The fourth-order valence-electron chi connectivity index (χ4n) is 1.82. The van der Waals surface area contributed by atoms with Crippen LogP contribution in [0.15, 0.2) is 24.3 Å². The second-order valence-corrected chi connectivity index (χ2v) is 4.87. The van der Waals surface area contributed by atoms with Gasteiger partial charge in [0.1, 0.15) is 5.75 Å². The van der Waals surface area contributed by atoms with Crippen molar-refractivity contribution < 1.29 is 14.3 Å². The molecule has 0 spiro atoms. The van der Waals surface area contributed by atoms with Gasteiger partial charge in [-0.3, -0.25) is 4.79 Å². The topological polar surface area (TPSA) is 47.6 Å². The number of hydrogen-bond acceptors (Lipinski definition) is 3. The fraction of sp³-hybridized carbons (Fsp3) is 0.562. The fourth-order valence-corrected chi connectivity index (χ4v) is 1.82. The average molecular weight is 279 g/mol. The van der Waals surface area contributed by atoms with Crippen LogP contribution in [0.2, 0.25) is 0 Å². The number of carbonyl (C=O) groups excluding carboxylic acids is 1. The van der Waals surface area contributed by atoms with E-state index < -0.39 is 0 Å². The van der Waals surface area contributed by atoms with Crippen LogP contribution in [0, 0.1) is 0 Å². The summed E-state index contributed by atoms with van der Waals surface area (Å²) in [5.74, 6) is 0.915. The van der Waals surface area contributed by atoms with Gasteiger partial charge in [0.2, 0.25) is 5.91 Å². The summed E-state index contributed by atoms with van der Waals surface area (Å²) in [5.41, 5.74) is 1.14. The molecule has 0 aliphatic heterocycles. The standard InChI is InChI=1S/C16H25NO3/c1-5-20-15-9-6-14(7-10-15)8-11-16(18)17-12(2)13(3)19-4/h6-7,9-10,12-13H,5,8,11H2,1-4H3,(H,17,18)/t12-,13-/m0/s1. The predicted molar refractivity (Wildman–Crippen MR) is 80.0 cm³/mol. The molecular weight excluding hydrogens is 254 g/mol. The lowest BCUT2D eigenvalue weighted by Gasteiger charge is -2.19. The Morgan fingerprint density at radius 1 is 1.25 bits per heavy atom. The minimum absolute atomic E-state index is 0.0180. The first kappa shape index (κ1) is 16.5. The Morgan fingerprint density at radius 2 is 1.90 bits per heavy atom. The zero-order chi connectivity index (χ0) is 15.0. The van der Waals surface area contributed by atoms with Crippen molar-refractivity contribution in [1.29, 1.82) is 0 Å². The SMILES string of the molecule is CCOc1ccc(CCC(=O)N[C@@H](C)[C@H](C)OC)cc1. The maximum atomic E-state index is 11.8. The summed E-state index contributed by atoms with van der Waals surface area (Å²) in [7, 11) is 1.65. The first-order valence-electron chi connectivity index (χ1n) is 7.10. The lowest BCUT2D eigenvalue weighted by Crippen LogP contribution is -2.40. The summed E-state index contributed by atoms with van der Waals surface area (Å²) >= 11 is 0.